The molecule has 95 heavy (non-hydrogen) atoms. The van der Waals surface area contributed by atoms with E-state index in [1.54, 1.807) is 79.6 Å². The predicted molar refractivity (Wildman–Crippen MR) is 399 cm³/mol. The summed E-state index contributed by atoms with van der Waals surface area (Å²) in [4.78, 5) is 21.1. The largest absolute Gasteiger partial charge is 0.493 e. The maximum absolute atomic E-state index is 5.30. The van der Waals surface area contributed by atoms with Crippen LogP contribution < -0.4 is 14.2 Å². The minimum absolute atomic E-state index is 0.360. The highest BCUT2D eigenvalue weighted by Gasteiger charge is 2.10. The average molecular weight is 1330 g/mol. The van der Waals surface area contributed by atoms with Gasteiger partial charge < -0.3 is 23.6 Å². The summed E-state index contributed by atoms with van der Waals surface area (Å²) in [5.41, 5.74) is 3.91. The van der Waals surface area contributed by atoms with Crippen molar-refractivity contribution in [3.05, 3.63) is 249 Å². The van der Waals surface area contributed by atoms with Gasteiger partial charge in [0.15, 0.2) is 17.8 Å². The second kappa shape index (κ2) is 92.5. The van der Waals surface area contributed by atoms with Crippen LogP contribution in [0.2, 0.25) is 0 Å². The van der Waals surface area contributed by atoms with Crippen LogP contribution in [0.4, 0.5) is 0 Å². The summed E-state index contributed by atoms with van der Waals surface area (Å²) in [6, 6.07) is 46.6. The number of rotatable bonds is 0. The Hall–Kier alpha value is -10.2. The van der Waals surface area contributed by atoms with Crippen LogP contribution in [-0.2, 0) is 6.42 Å². The van der Waals surface area contributed by atoms with Crippen LogP contribution in [0.3, 0.4) is 0 Å². The Balaban J connectivity index is -0.000000175. The van der Waals surface area contributed by atoms with Gasteiger partial charge in [-0.25, -0.2) is 24.6 Å². The monoisotopic (exact) mass is 1330 g/mol. The number of imidazole rings is 1. The van der Waals surface area contributed by atoms with E-state index in [2.05, 4.69) is 91.9 Å². The van der Waals surface area contributed by atoms with Crippen LogP contribution in [0.15, 0.2) is 253 Å². The summed E-state index contributed by atoms with van der Waals surface area (Å²) in [5, 5.41) is 36.9. The van der Waals surface area contributed by atoms with Crippen molar-refractivity contribution in [3.63, 3.8) is 0 Å². The molecule has 0 unspecified atom stereocenters. The van der Waals surface area contributed by atoms with E-state index >= 15 is 0 Å². The summed E-state index contributed by atoms with van der Waals surface area (Å²) < 4.78 is 25.0. The zero-order chi connectivity index (χ0) is 72.6. The summed E-state index contributed by atoms with van der Waals surface area (Å²) in [6.07, 6.45) is 24.0. The molecule has 0 radical (unpaired) electrons. The maximum Gasteiger partial charge on any atom is 0.231 e. The molecule has 2 aliphatic rings. The fourth-order valence-electron chi connectivity index (χ4n) is 5.12. The van der Waals surface area contributed by atoms with Crippen molar-refractivity contribution < 1.29 is 23.3 Å². The van der Waals surface area contributed by atoms with Crippen LogP contribution in [-0.4, -0.2) is 94.6 Å². The van der Waals surface area contributed by atoms with Crippen molar-refractivity contribution in [2.75, 3.05) is 13.4 Å². The van der Waals surface area contributed by atoms with Crippen LogP contribution in [0.25, 0.3) is 22.0 Å². The molecule has 11 heterocycles. The van der Waals surface area contributed by atoms with Crippen molar-refractivity contribution in [2.45, 2.75) is 159 Å². The first-order valence-electron chi connectivity index (χ1n) is 32.9. The number of benzene rings is 4. The van der Waals surface area contributed by atoms with Gasteiger partial charge in [0.25, 0.3) is 0 Å². The van der Waals surface area contributed by atoms with Crippen LogP contribution in [0, 0.1) is 0 Å². The Morgan fingerprint density at radius 3 is 1.27 bits per heavy atom. The zero-order valence-electron chi connectivity index (χ0n) is 61.0. The molecule has 2 aliphatic heterocycles. The summed E-state index contributed by atoms with van der Waals surface area (Å²) in [7, 11) is 0. The molecule has 0 atom stereocenters. The fourth-order valence-corrected chi connectivity index (χ4v) is 5.57. The lowest BCUT2D eigenvalue weighted by Gasteiger charge is -1.93. The molecule has 9 aromatic heterocycles. The highest BCUT2D eigenvalue weighted by Crippen LogP contribution is 2.30. The summed E-state index contributed by atoms with van der Waals surface area (Å²) >= 11 is 1.71. The van der Waals surface area contributed by atoms with Gasteiger partial charge in [0.2, 0.25) is 6.79 Å². The van der Waals surface area contributed by atoms with Crippen LogP contribution in [0.5, 0.6) is 17.2 Å². The van der Waals surface area contributed by atoms with E-state index in [9.17, 15) is 0 Å². The number of fused-ring (bicyclic) bond motifs is 4. The quantitative estimate of drug-likeness (QED) is 0.110. The normalized spacial score (nSPS) is 8.44. The number of furan rings is 1. The molecule has 0 saturated carbocycles. The second-order valence-electron chi connectivity index (χ2n) is 13.2. The molecule has 21 nitrogen and oxygen atoms in total. The smallest absolute Gasteiger partial charge is 0.231 e. The minimum atomic E-state index is 0.360. The third kappa shape index (κ3) is 62.4. The van der Waals surface area contributed by atoms with E-state index in [0.717, 1.165) is 52.3 Å². The van der Waals surface area contributed by atoms with Gasteiger partial charge in [-0.15, -0.1) is 10.2 Å². The van der Waals surface area contributed by atoms with Gasteiger partial charge in [0.1, 0.15) is 41.3 Å². The van der Waals surface area contributed by atoms with Crippen molar-refractivity contribution in [1.29, 1.82) is 0 Å². The van der Waals surface area contributed by atoms with Gasteiger partial charge >= 0.3 is 0 Å². The van der Waals surface area contributed by atoms with E-state index in [1.807, 2.05) is 297 Å². The van der Waals surface area contributed by atoms with E-state index < -0.39 is 0 Å². The Bertz CT molecular complexity index is 2580. The predicted octanol–water partition coefficient (Wildman–Crippen LogP) is 21.1. The number of nitrogens with one attached hydrogen (secondary N) is 4. The van der Waals surface area contributed by atoms with Gasteiger partial charge in [-0.1, -0.05) is 236 Å². The van der Waals surface area contributed by atoms with Gasteiger partial charge in [0, 0.05) is 61.4 Å². The molecule has 524 valence electrons. The molecule has 15 rings (SSSR count). The molecule has 22 heteroatoms. The van der Waals surface area contributed by atoms with E-state index in [1.165, 1.54) is 30.9 Å². The molecule has 13 aromatic rings. The molecule has 0 amide bonds. The van der Waals surface area contributed by atoms with Crippen molar-refractivity contribution in [3.8, 4) is 17.2 Å². The number of hydrogen-bond donors (Lipinski definition) is 4. The first-order valence-corrected chi connectivity index (χ1v) is 33.8. The Labute approximate surface area is 573 Å². The van der Waals surface area contributed by atoms with Gasteiger partial charge in [-0.2, -0.15) is 26.7 Å². The van der Waals surface area contributed by atoms with Crippen molar-refractivity contribution >= 4 is 33.3 Å². The van der Waals surface area contributed by atoms with Crippen molar-refractivity contribution in [1.82, 2.24) is 81.2 Å². The average Bonchev–Trinajstić information content (AvgIpc) is 2.08. The third-order valence-electron chi connectivity index (χ3n) is 8.28. The first kappa shape index (κ1) is 98.4. The lowest BCUT2D eigenvalue weighted by Crippen LogP contribution is -1.92. The number of thiophene rings is 1. The number of nitrogens with zero attached hydrogens (tertiary/aromatic N) is 12. The number of ether oxygens (including phenoxy) is 3. The first-order chi connectivity index (χ1) is 47.4. The summed E-state index contributed by atoms with van der Waals surface area (Å²) in [6.45, 7) is 45.2. The highest BCUT2D eigenvalue weighted by atomic mass is 32.1. The van der Waals surface area contributed by atoms with Gasteiger partial charge in [0.05, 0.1) is 19.2 Å². The van der Waals surface area contributed by atoms with Crippen molar-refractivity contribution in [2.24, 2.45) is 0 Å². The lowest BCUT2D eigenvalue weighted by atomic mass is 10.2. The minimum Gasteiger partial charge on any atom is -0.493 e. The molecule has 0 saturated heterocycles. The standard InChI is InChI=1S/C8H8O.C8H6O.C7H6O2.C6H4N2O.C5H5N.C4H4N2.C4H4S.2C3H4N2.C2H3N3.11C2H6.CH2N4/c2*1-2-4-8-7(3-1)5-6-9-8;1-2-4-7-6(3-1)8-5-9-7;1-2-4-6-5(3-1)7-9-8-6;1-2-4-6-5-3-1;1-2-5-4-6-3-1;1-2-4-5-3-1;1-2-5-3-4-1;1-2-4-5-3-1;1-3-2-5-4-1;11*1-2;1-2-4-5-3-1/h1-4H,5-6H2;1-6H;1-4H,5H2;1-4H;1-5H;1-4H;1-4H;2*1-3H,(H,4,5);1-2H,(H,3,4,5);11*1-2H3;1H,(H,2,3,4,5). The number of tetrazole rings is 1. The molecule has 4 N–H and O–H groups in total. The number of para-hydroxylation sites is 4. The fraction of sp³-hybridized carbons (Fsp3) is 0.342. The number of aromatic nitrogens is 16. The Kier molecular flexibility index (Phi) is 95.8. The van der Waals surface area contributed by atoms with Gasteiger partial charge in [-0.05, 0) is 93.4 Å². The van der Waals surface area contributed by atoms with Crippen LogP contribution >= 0.6 is 11.3 Å². The van der Waals surface area contributed by atoms with E-state index in [0.29, 0.717) is 6.79 Å². The molecular weight excluding hydrogens is 1210 g/mol. The molecular formula is C73H116N16O5S. The van der Waals surface area contributed by atoms with Gasteiger partial charge in [-0.3, -0.25) is 15.2 Å². The molecule has 0 spiro atoms. The number of hydrogen-bond acceptors (Lipinski definition) is 18. The number of aromatic amines is 4. The highest BCUT2D eigenvalue weighted by molar-refractivity contribution is 7.07. The molecule has 4 aromatic carbocycles. The zero-order valence-corrected chi connectivity index (χ0v) is 61.8. The number of pyridine rings is 1. The van der Waals surface area contributed by atoms with E-state index in [4.69, 9.17) is 18.6 Å². The SMILES string of the molecule is CC.CC.CC.CC.CC.CC.CC.CC.CC.CC.CC.c1c[nH]cn1.c1ccc2c(c1)CCO2.c1ccc2c(c1)OCO2.c1ccc2nonc2c1.c1ccc2occc2c1.c1ccncc1.c1ccsc1.c1cn[nH]c1.c1cncnc1.c1nc[nH]n1.c1nn[nH]n1. The summed E-state index contributed by atoms with van der Waals surface area (Å²) in [5.74, 6) is 2.76. The molecule has 0 aliphatic carbocycles. The second-order valence-corrected chi connectivity index (χ2v) is 14.0. The van der Waals surface area contributed by atoms with E-state index in [-0.39, 0.29) is 0 Å². The molecule has 0 bridgehead atoms. The third-order valence-corrected chi connectivity index (χ3v) is 8.91. The Morgan fingerprint density at radius 2 is 0.937 bits per heavy atom. The van der Waals surface area contributed by atoms with Crippen LogP contribution in [0.1, 0.15) is 158 Å². The topological polar surface area (TPSA) is 272 Å². The molecule has 0 fully saturated rings. The Morgan fingerprint density at radius 1 is 0.389 bits per heavy atom. The number of H-pyrrole nitrogens is 4. The lowest BCUT2D eigenvalue weighted by molar-refractivity contribution is 0.174. The maximum atomic E-state index is 5.30.